The molecule has 0 saturated heterocycles. The Bertz CT molecular complexity index is 319. The first kappa shape index (κ1) is 16.0. The Morgan fingerprint density at radius 1 is 1.26 bits per heavy atom. The lowest BCUT2D eigenvalue weighted by Crippen LogP contribution is -2.43. The molecule has 0 radical (unpaired) electrons. The molecule has 0 aliphatic heterocycles. The fourth-order valence-corrected chi connectivity index (χ4v) is 2.94. The summed E-state index contributed by atoms with van der Waals surface area (Å²) in [6.45, 7) is 6.64. The summed E-state index contributed by atoms with van der Waals surface area (Å²) >= 11 is 0. The standard InChI is InChI=1S/C15H27NO3/c1-4-12(14(18)19)13(17)16-10-15(2,3)11-8-6-5-7-9-11/h11-12H,4-10H2,1-3H3,(H,16,17)(H,18,19). The van der Waals surface area contributed by atoms with E-state index in [0.29, 0.717) is 18.9 Å². The molecule has 0 bridgehead atoms. The van der Waals surface area contributed by atoms with E-state index in [4.69, 9.17) is 5.11 Å². The van der Waals surface area contributed by atoms with Crippen molar-refractivity contribution in [2.24, 2.45) is 17.3 Å². The van der Waals surface area contributed by atoms with Crippen molar-refractivity contribution in [1.29, 1.82) is 0 Å². The fourth-order valence-electron chi connectivity index (χ4n) is 2.94. The lowest BCUT2D eigenvalue weighted by molar-refractivity contribution is -0.147. The molecule has 1 aliphatic carbocycles. The first-order valence-corrected chi connectivity index (χ1v) is 7.39. The minimum absolute atomic E-state index is 0.0485. The van der Waals surface area contributed by atoms with Crippen molar-refractivity contribution in [3.8, 4) is 0 Å². The molecule has 1 atom stereocenters. The van der Waals surface area contributed by atoms with Crippen molar-refractivity contribution in [2.75, 3.05) is 6.54 Å². The third-order valence-electron chi connectivity index (χ3n) is 4.45. The molecule has 1 saturated carbocycles. The summed E-state index contributed by atoms with van der Waals surface area (Å²) in [5, 5.41) is 11.8. The summed E-state index contributed by atoms with van der Waals surface area (Å²) < 4.78 is 0. The lowest BCUT2D eigenvalue weighted by atomic mass is 9.71. The molecular weight excluding hydrogens is 242 g/mol. The normalized spacial score (nSPS) is 18.9. The zero-order chi connectivity index (χ0) is 14.5. The van der Waals surface area contributed by atoms with Gasteiger partial charge in [-0.3, -0.25) is 9.59 Å². The molecule has 2 N–H and O–H groups in total. The second kappa shape index (κ2) is 6.92. The maximum atomic E-state index is 11.9. The van der Waals surface area contributed by atoms with Gasteiger partial charge in [0.05, 0.1) is 0 Å². The molecule has 1 amide bonds. The first-order valence-electron chi connectivity index (χ1n) is 7.39. The number of carbonyl (C=O) groups excluding carboxylic acids is 1. The molecule has 1 rings (SSSR count). The third kappa shape index (κ3) is 4.51. The minimum Gasteiger partial charge on any atom is -0.481 e. The van der Waals surface area contributed by atoms with Gasteiger partial charge in [-0.25, -0.2) is 0 Å². The maximum Gasteiger partial charge on any atom is 0.316 e. The average molecular weight is 269 g/mol. The van der Waals surface area contributed by atoms with Crippen LogP contribution in [0.25, 0.3) is 0 Å². The van der Waals surface area contributed by atoms with E-state index in [-0.39, 0.29) is 11.3 Å². The molecule has 0 spiro atoms. The second-order valence-corrected chi connectivity index (χ2v) is 6.34. The van der Waals surface area contributed by atoms with Crippen molar-refractivity contribution in [3.05, 3.63) is 0 Å². The van der Waals surface area contributed by atoms with E-state index in [0.717, 1.165) is 0 Å². The van der Waals surface area contributed by atoms with Gasteiger partial charge in [-0.1, -0.05) is 40.0 Å². The number of amides is 1. The van der Waals surface area contributed by atoms with Gasteiger partial charge in [-0.2, -0.15) is 0 Å². The average Bonchev–Trinajstić information content (AvgIpc) is 2.38. The van der Waals surface area contributed by atoms with E-state index in [1.807, 2.05) is 0 Å². The van der Waals surface area contributed by atoms with Gasteiger partial charge in [0.25, 0.3) is 0 Å². The summed E-state index contributed by atoms with van der Waals surface area (Å²) in [7, 11) is 0. The monoisotopic (exact) mass is 269 g/mol. The van der Waals surface area contributed by atoms with Gasteiger partial charge in [-0.15, -0.1) is 0 Å². The van der Waals surface area contributed by atoms with Crippen LogP contribution in [0.4, 0.5) is 0 Å². The highest BCUT2D eigenvalue weighted by atomic mass is 16.4. The van der Waals surface area contributed by atoms with Gasteiger partial charge in [0.2, 0.25) is 5.91 Å². The van der Waals surface area contributed by atoms with E-state index in [1.165, 1.54) is 32.1 Å². The number of carbonyl (C=O) groups is 2. The van der Waals surface area contributed by atoms with Crippen molar-refractivity contribution in [3.63, 3.8) is 0 Å². The van der Waals surface area contributed by atoms with Crippen LogP contribution in [0.5, 0.6) is 0 Å². The van der Waals surface area contributed by atoms with Gasteiger partial charge in [0.15, 0.2) is 0 Å². The predicted molar refractivity (Wildman–Crippen MR) is 74.8 cm³/mol. The number of nitrogens with one attached hydrogen (secondary N) is 1. The Kier molecular flexibility index (Phi) is 5.83. The van der Waals surface area contributed by atoms with Crippen LogP contribution in [0.15, 0.2) is 0 Å². The van der Waals surface area contributed by atoms with Gasteiger partial charge >= 0.3 is 5.97 Å². The molecule has 1 aliphatic rings. The Labute approximate surface area is 116 Å². The molecule has 0 aromatic carbocycles. The van der Waals surface area contributed by atoms with Crippen LogP contribution in [0.2, 0.25) is 0 Å². The predicted octanol–water partition coefficient (Wildman–Crippen LogP) is 2.82. The Balaban J connectivity index is 2.49. The zero-order valence-electron chi connectivity index (χ0n) is 12.4. The summed E-state index contributed by atoms with van der Waals surface area (Å²) in [5.74, 6) is -1.66. The van der Waals surface area contributed by atoms with E-state index in [1.54, 1.807) is 6.92 Å². The molecular formula is C15H27NO3. The zero-order valence-corrected chi connectivity index (χ0v) is 12.4. The summed E-state index contributed by atoms with van der Waals surface area (Å²) in [6.07, 6.45) is 6.64. The molecule has 0 aromatic rings. The lowest BCUT2D eigenvalue weighted by Gasteiger charge is -2.37. The number of carboxylic acids is 1. The molecule has 4 nitrogen and oxygen atoms in total. The van der Waals surface area contributed by atoms with Crippen LogP contribution in [0.3, 0.4) is 0 Å². The Morgan fingerprint density at radius 3 is 2.32 bits per heavy atom. The quantitative estimate of drug-likeness (QED) is 0.729. The number of rotatable bonds is 6. The van der Waals surface area contributed by atoms with Gasteiger partial charge in [0.1, 0.15) is 5.92 Å². The van der Waals surface area contributed by atoms with Gasteiger partial charge < -0.3 is 10.4 Å². The molecule has 1 fully saturated rings. The smallest absolute Gasteiger partial charge is 0.316 e. The van der Waals surface area contributed by atoms with Crippen molar-refractivity contribution in [2.45, 2.75) is 59.3 Å². The van der Waals surface area contributed by atoms with E-state index in [2.05, 4.69) is 19.2 Å². The second-order valence-electron chi connectivity index (χ2n) is 6.34. The largest absolute Gasteiger partial charge is 0.481 e. The van der Waals surface area contributed by atoms with Crippen LogP contribution in [-0.2, 0) is 9.59 Å². The molecule has 0 aromatic heterocycles. The molecule has 19 heavy (non-hydrogen) atoms. The first-order chi connectivity index (χ1) is 8.88. The third-order valence-corrected chi connectivity index (χ3v) is 4.45. The van der Waals surface area contributed by atoms with E-state index >= 15 is 0 Å². The highest BCUT2D eigenvalue weighted by Gasteiger charge is 2.32. The van der Waals surface area contributed by atoms with Crippen LogP contribution in [-0.4, -0.2) is 23.5 Å². The Morgan fingerprint density at radius 2 is 1.84 bits per heavy atom. The fraction of sp³-hybridized carbons (Fsp3) is 0.867. The van der Waals surface area contributed by atoms with E-state index < -0.39 is 11.9 Å². The van der Waals surface area contributed by atoms with Crippen molar-refractivity contribution >= 4 is 11.9 Å². The maximum absolute atomic E-state index is 11.9. The molecule has 1 unspecified atom stereocenters. The minimum atomic E-state index is -1.03. The van der Waals surface area contributed by atoms with Gasteiger partial charge in [-0.05, 0) is 30.6 Å². The highest BCUT2D eigenvalue weighted by Crippen LogP contribution is 2.37. The van der Waals surface area contributed by atoms with Crippen LogP contribution < -0.4 is 5.32 Å². The van der Waals surface area contributed by atoms with Crippen LogP contribution in [0.1, 0.15) is 59.3 Å². The molecule has 4 heteroatoms. The van der Waals surface area contributed by atoms with Gasteiger partial charge in [0, 0.05) is 6.54 Å². The van der Waals surface area contributed by atoms with Crippen LogP contribution in [0, 0.1) is 17.3 Å². The summed E-state index contributed by atoms with van der Waals surface area (Å²) in [4.78, 5) is 22.8. The number of aliphatic carboxylic acids is 1. The summed E-state index contributed by atoms with van der Waals surface area (Å²) in [5.41, 5.74) is 0.0485. The van der Waals surface area contributed by atoms with Crippen molar-refractivity contribution < 1.29 is 14.7 Å². The van der Waals surface area contributed by atoms with Crippen LogP contribution >= 0.6 is 0 Å². The SMILES string of the molecule is CCC(C(=O)O)C(=O)NCC(C)(C)C1CCCCC1. The number of carboxylic acid groups (broad SMARTS) is 1. The molecule has 0 heterocycles. The topological polar surface area (TPSA) is 66.4 Å². The molecule has 110 valence electrons. The van der Waals surface area contributed by atoms with Crippen molar-refractivity contribution in [1.82, 2.24) is 5.32 Å². The summed E-state index contributed by atoms with van der Waals surface area (Å²) in [6, 6.07) is 0. The Hall–Kier alpha value is -1.06. The highest BCUT2D eigenvalue weighted by molar-refractivity contribution is 5.96. The van der Waals surface area contributed by atoms with E-state index in [9.17, 15) is 9.59 Å². The number of hydrogen-bond donors (Lipinski definition) is 2. The number of hydrogen-bond acceptors (Lipinski definition) is 2.